The van der Waals surface area contributed by atoms with Gasteiger partial charge in [0.2, 0.25) is 5.91 Å². The lowest BCUT2D eigenvalue weighted by Gasteiger charge is -2.25. The SMILES string of the molecule is CCC(SC1CCCCC1)C(=O)Nc1cccc(C)c1. The Kier molecular flexibility index (Phi) is 5.96. The molecule has 0 bridgehead atoms. The lowest BCUT2D eigenvalue weighted by molar-refractivity contribution is -0.115. The Bertz CT molecular complexity index is 440. The Morgan fingerprint density at radius 2 is 2.10 bits per heavy atom. The normalized spacial score (nSPS) is 17.7. The van der Waals surface area contributed by atoms with Gasteiger partial charge in [0.05, 0.1) is 5.25 Å². The molecule has 1 fully saturated rings. The van der Waals surface area contributed by atoms with Crippen LogP contribution >= 0.6 is 11.8 Å². The van der Waals surface area contributed by atoms with Crippen LogP contribution in [0, 0.1) is 6.92 Å². The Hall–Kier alpha value is -0.960. The summed E-state index contributed by atoms with van der Waals surface area (Å²) in [7, 11) is 0. The Morgan fingerprint density at radius 1 is 1.35 bits per heavy atom. The van der Waals surface area contributed by atoms with E-state index in [1.54, 1.807) is 0 Å². The molecule has 3 heteroatoms. The molecule has 1 atom stereocenters. The molecule has 2 nitrogen and oxygen atoms in total. The summed E-state index contributed by atoms with van der Waals surface area (Å²) >= 11 is 1.89. The van der Waals surface area contributed by atoms with Gasteiger partial charge in [-0.15, -0.1) is 11.8 Å². The van der Waals surface area contributed by atoms with Crippen molar-refractivity contribution >= 4 is 23.4 Å². The van der Waals surface area contributed by atoms with Crippen molar-refractivity contribution < 1.29 is 4.79 Å². The number of rotatable bonds is 5. The van der Waals surface area contributed by atoms with Crippen LogP contribution in [-0.4, -0.2) is 16.4 Å². The lowest BCUT2D eigenvalue weighted by Crippen LogP contribution is -2.27. The minimum Gasteiger partial charge on any atom is -0.325 e. The monoisotopic (exact) mass is 291 g/mol. The lowest BCUT2D eigenvalue weighted by atomic mass is 10.0. The van der Waals surface area contributed by atoms with E-state index < -0.39 is 0 Å². The number of nitrogens with one attached hydrogen (secondary N) is 1. The molecular formula is C17H25NOS. The number of amides is 1. The average molecular weight is 291 g/mol. The summed E-state index contributed by atoms with van der Waals surface area (Å²) in [6, 6.07) is 8.02. The zero-order chi connectivity index (χ0) is 14.4. The van der Waals surface area contributed by atoms with Crippen LogP contribution < -0.4 is 5.32 Å². The van der Waals surface area contributed by atoms with E-state index in [0.29, 0.717) is 5.25 Å². The average Bonchev–Trinajstić information content (AvgIpc) is 2.45. The molecular weight excluding hydrogens is 266 g/mol. The Morgan fingerprint density at radius 3 is 2.75 bits per heavy atom. The summed E-state index contributed by atoms with van der Waals surface area (Å²) in [5.41, 5.74) is 2.09. The predicted molar refractivity (Wildman–Crippen MR) is 88.4 cm³/mol. The molecule has 1 amide bonds. The zero-order valence-electron chi connectivity index (χ0n) is 12.5. The van der Waals surface area contributed by atoms with Crippen LogP contribution in [0.4, 0.5) is 5.69 Å². The van der Waals surface area contributed by atoms with Crippen LogP contribution in [0.15, 0.2) is 24.3 Å². The van der Waals surface area contributed by atoms with E-state index in [-0.39, 0.29) is 11.2 Å². The van der Waals surface area contributed by atoms with Crippen molar-refractivity contribution in [2.24, 2.45) is 0 Å². The van der Waals surface area contributed by atoms with Gasteiger partial charge in [-0.3, -0.25) is 4.79 Å². The standard InChI is InChI=1S/C17H25NOS/c1-3-16(20-15-10-5-4-6-11-15)17(19)18-14-9-7-8-13(2)12-14/h7-9,12,15-16H,3-6,10-11H2,1-2H3,(H,18,19). The summed E-state index contributed by atoms with van der Waals surface area (Å²) < 4.78 is 0. The van der Waals surface area contributed by atoms with Crippen molar-refractivity contribution in [2.45, 2.75) is 62.9 Å². The number of hydrogen-bond donors (Lipinski definition) is 1. The Balaban J connectivity index is 1.91. The quantitative estimate of drug-likeness (QED) is 0.846. The van der Waals surface area contributed by atoms with Crippen molar-refractivity contribution in [1.29, 1.82) is 0 Å². The summed E-state index contributed by atoms with van der Waals surface area (Å²) in [4.78, 5) is 12.4. The zero-order valence-corrected chi connectivity index (χ0v) is 13.3. The minimum atomic E-state index is 0.0820. The van der Waals surface area contributed by atoms with E-state index in [4.69, 9.17) is 0 Å². The van der Waals surface area contributed by atoms with Crippen LogP contribution in [0.2, 0.25) is 0 Å². The van der Waals surface area contributed by atoms with Gasteiger partial charge >= 0.3 is 0 Å². The first-order valence-electron chi connectivity index (χ1n) is 7.72. The highest BCUT2D eigenvalue weighted by molar-refractivity contribution is 8.01. The number of carbonyl (C=O) groups excluding carboxylic acids is 1. The molecule has 1 saturated carbocycles. The molecule has 1 N–H and O–H groups in total. The molecule has 1 unspecified atom stereocenters. The third kappa shape index (κ3) is 4.55. The molecule has 1 aromatic carbocycles. The van der Waals surface area contributed by atoms with Gasteiger partial charge < -0.3 is 5.32 Å². The molecule has 1 aromatic rings. The topological polar surface area (TPSA) is 29.1 Å². The fourth-order valence-corrected chi connectivity index (χ4v) is 4.17. The van der Waals surface area contributed by atoms with Crippen LogP contribution in [0.3, 0.4) is 0 Å². The van der Waals surface area contributed by atoms with E-state index >= 15 is 0 Å². The van der Waals surface area contributed by atoms with E-state index in [0.717, 1.165) is 12.1 Å². The van der Waals surface area contributed by atoms with Crippen molar-refractivity contribution in [3.05, 3.63) is 29.8 Å². The van der Waals surface area contributed by atoms with E-state index in [1.165, 1.54) is 37.7 Å². The van der Waals surface area contributed by atoms with Gasteiger partial charge in [0.1, 0.15) is 0 Å². The van der Waals surface area contributed by atoms with Crippen LogP contribution in [0.1, 0.15) is 51.0 Å². The van der Waals surface area contributed by atoms with Gasteiger partial charge in [0, 0.05) is 10.9 Å². The molecule has 1 aliphatic rings. The molecule has 0 heterocycles. The number of benzene rings is 1. The smallest absolute Gasteiger partial charge is 0.237 e. The number of anilines is 1. The summed E-state index contributed by atoms with van der Waals surface area (Å²) in [5.74, 6) is 0.161. The van der Waals surface area contributed by atoms with Crippen molar-refractivity contribution in [2.75, 3.05) is 5.32 Å². The van der Waals surface area contributed by atoms with E-state index in [2.05, 4.69) is 12.2 Å². The molecule has 0 aliphatic heterocycles. The van der Waals surface area contributed by atoms with Gasteiger partial charge in [-0.25, -0.2) is 0 Å². The van der Waals surface area contributed by atoms with Crippen molar-refractivity contribution in [3.8, 4) is 0 Å². The van der Waals surface area contributed by atoms with E-state index in [9.17, 15) is 4.79 Å². The van der Waals surface area contributed by atoms with Gasteiger partial charge in [0.15, 0.2) is 0 Å². The molecule has 0 radical (unpaired) electrons. The van der Waals surface area contributed by atoms with Crippen LogP contribution in [0.25, 0.3) is 0 Å². The van der Waals surface area contributed by atoms with Gasteiger partial charge in [-0.2, -0.15) is 0 Å². The molecule has 20 heavy (non-hydrogen) atoms. The number of thioether (sulfide) groups is 1. The first kappa shape index (κ1) is 15.4. The first-order valence-corrected chi connectivity index (χ1v) is 8.66. The van der Waals surface area contributed by atoms with Gasteiger partial charge in [-0.1, -0.05) is 38.3 Å². The van der Waals surface area contributed by atoms with Crippen LogP contribution in [0.5, 0.6) is 0 Å². The summed E-state index contributed by atoms with van der Waals surface area (Å²) in [6.45, 7) is 4.15. The van der Waals surface area contributed by atoms with Crippen molar-refractivity contribution in [1.82, 2.24) is 0 Å². The highest BCUT2D eigenvalue weighted by Gasteiger charge is 2.23. The number of aryl methyl sites for hydroxylation is 1. The summed E-state index contributed by atoms with van der Waals surface area (Å²) in [5, 5.41) is 3.82. The van der Waals surface area contributed by atoms with E-state index in [1.807, 2.05) is 43.0 Å². The number of carbonyl (C=O) groups is 1. The maximum atomic E-state index is 12.4. The molecule has 1 aliphatic carbocycles. The molecule has 110 valence electrons. The molecule has 0 spiro atoms. The fraction of sp³-hybridized carbons (Fsp3) is 0.588. The minimum absolute atomic E-state index is 0.0820. The summed E-state index contributed by atoms with van der Waals surface area (Å²) in [6.07, 6.45) is 7.47. The second-order valence-corrected chi connectivity index (χ2v) is 7.16. The molecule has 0 saturated heterocycles. The van der Waals surface area contributed by atoms with Gasteiger partial charge in [0.25, 0.3) is 0 Å². The third-order valence-corrected chi connectivity index (χ3v) is 5.59. The predicted octanol–water partition coefficient (Wildman–Crippen LogP) is 4.78. The maximum absolute atomic E-state index is 12.4. The highest BCUT2D eigenvalue weighted by atomic mass is 32.2. The van der Waals surface area contributed by atoms with Gasteiger partial charge in [-0.05, 0) is 43.9 Å². The first-order chi connectivity index (χ1) is 9.69. The highest BCUT2D eigenvalue weighted by Crippen LogP contribution is 2.32. The van der Waals surface area contributed by atoms with Crippen molar-refractivity contribution in [3.63, 3.8) is 0 Å². The molecule has 0 aromatic heterocycles. The fourth-order valence-electron chi connectivity index (χ4n) is 2.72. The second kappa shape index (κ2) is 7.72. The third-order valence-electron chi connectivity index (χ3n) is 3.86. The largest absolute Gasteiger partial charge is 0.325 e. The second-order valence-electron chi connectivity index (χ2n) is 5.65. The molecule has 2 rings (SSSR count). The Labute approximate surface area is 126 Å². The maximum Gasteiger partial charge on any atom is 0.237 e. The number of hydrogen-bond acceptors (Lipinski definition) is 2. The van der Waals surface area contributed by atoms with Crippen LogP contribution in [-0.2, 0) is 4.79 Å².